The maximum atomic E-state index is 11.4. The summed E-state index contributed by atoms with van der Waals surface area (Å²) in [5.41, 5.74) is 0. The lowest BCUT2D eigenvalue weighted by Crippen LogP contribution is -2.32. The van der Waals surface area contributed by atoms with Crippen molar-refractivity contribution in [3.05, 3.63) is 0 Å². The van der Waals surface area contributed by atoms with Crippen LogP contribution in [0.5, 0.6) is 0 Å². The standard InChI is InChI=1S/C14H28BNO2.2ClH/c1-2-3-8-14(15,13(17)18)9-7-12-16-10-5-4-6-11-16;;/h2-12,15H2,1H3,(H,17,18);2*1H. The summed E-state index contributed by atoms with van der Waals surface area (Å²) in [6.45, 7) is 5.61. The van der Waals surface area contributed by atoms with E-state index in [1.807, 2.05) is 7.85 Å². The molecule has 0 radical (unpaired) electrons. The molecule has 0 amide bonds. The average Bonchev–Trinajstić information content (AvgIpc) is 2.37. The van der Waals surface area contributed by atoms with Crippen LogP contribution in [0, 0.1) is 0 Å². The highest BCUT2D eigenvalue weighted by Crippen LogP contribution is 2.34. The maximum absolute atomic E-state index is 11.4. The molecule has 1 fully saturated rings. The molecule has 0 aromatic carbocycles. The lowest BCUT2D eigenvalue weighted by atomic mass is 9.63. The molecule has 1 N–H and O–H groups in total. The third-order valence-electron chi connectivity index (χ3n) is 4.25. The molecule has 20 heavy (non-hydrogen) atoms. The normalized spacial score (nSPS) is 18.4. The fourth-order valence-electron chi connectivity index (χ4n) is 2.78. The van der Waals surface area contributed by atoms with Gasteiger partial charge in [0.1, 0.15) is 7.85 Å². The van der Waals surface area contributed by atoms with Gasteiger partial charge in [0, 0.05) is 5.31 Å². The minimum atomic E-state index is -0.616. The number of unbranched alkanes of at least 4 members (excludes halogenated alkanes) is 1. The van der Waals surface area contributed by atoms with Gasteiger partial charge in [-0.25, -0.2) is 0 Å². The van der Waals surface area contributed by atoms with Crippen molar-refractivity contribution in [2.45, 2.75) is 63.6 Å². The molecule has 1 saturated heterocycles. The Morgan fingerprint density at radius 2 is 1.70 bits per heavy atom. The van der Waals surface area contributed by atoms with E-state index in [1.54, 1.807) is 0 Å². The van der Waals surface area contributed by atoms with E-state index in [0.717, 1.165) is 38.6 Å². The van der Waals surface area contributed by atoms with Crippen LogP contribution in [0.25, 0.3) is 0 Å². The molecule has 1 rings (SSSR count). The fraction of sp³-hybridized carbons (Fsp3) is 0.929. The number of aliphatic carboxylic acids is 1. The molecule has 0 aliphatic carbocycles. The molecule has 6 heteroatoms. The molecular weight excluding hydrogens is 296 g/mol. The van der Waals surface area contributed by atoms with Gasteiger partial charge in [-0.1, -0.05) is 26.2 Å². The van der Waals surface area contributed by atoms with Crippen LogP contribution in [0.3, 0.4) is 0 Å². The molecule has 1 unspecified atom stereocenters. The van der Waals surface area contributed by atoms with Gasteiger partial charge in [0.05, 0.1) is 0 Å². The van der Waals surface area contributed by atoms with Crippen LogP contribution in [0.4, 0.5) is 0 Å². The van der Waals surface area contributed by atoms with Crippen LogP contribution in [-0.2, 0) is 4.79 Å². The van der Waals surface area contributed by atoms with Gasteiger partial charge < -0.3 is 10.0 Å². The van der Waals surface area contributed by atoms with Crippen LogP contribution in [0.1, 0.15) is 58.3 Å². The van der Waals surface area contributed by atoms with E-state index in [4.69, 9.17) is 0 Å². The largest absolute Gasteiger partial charge is 0.481 e. The van der Waals surface area contributed by atoms with E-state index in [9.17, 15) is 9.90 Å². The summed E-state index contributed by atoms with van der Waals surface area (Å²) in [5.74, 6) is -0.616. The highest BCUT2D eigenvalue weighted by atomic mass is 35.5. The Bertz CT molecular complexity index is 264. The molecule has 120 valence electrons. The van der Waals surface area contributed by atoms with Crippen LogP contribution < -0.4 is 0 Å². The molecular formula is C14H30BCl2NO2. The van der Waals surface area contributed by atoms with E-state index in [0.29, 0.717) is 0 Å². The summed E-state index contributed by atoms with van der Waals surface area (Å²) in [7, 11) is 1.92. The summed E-state index contributed by atoms with van der Waals surface area (Å²) in [5, 5.41) is 8.87. The van der Waals surface area contributed by atoms with Gasteiger partial charge >= 0.3 is 5.97 Å². The zero-order valence-electron chi connectivity index (χ0n) is 12.9. The number of nitrogens with zero attached hydrogens (tertiary/aromatic N) is 1. The third-order valence-corrected chi connectivity index (χ3v) is 4.25. The van der Waals surface area contributed by atoms with E-state index < -0.39 is 11.3 Å². The summed E-state index contributed by atoms with van der Waals surface area (Å²) < 4.78 is 0. The Hall–Kier alpha value is 0.0749. The van der Waals surface area contributed by atoms with E-state index in [-0.39, 0.29) is 24.8 Å². The lowest BCUT2D eigenvalue weighted by Gasteiger charge is -2.29. The molecule has 0 bridgehead atoms. The van der Waals surface area contributed by atoms with Crippen molar-refractivity contribution in [2.24, 2.45) is 0 Å². The lowest BCUT2D eigenvalue weighted by molar-refractivity contribution is -0.141. The number of rotatable bonds is 8. The molecule has 0 saturated carbocycles. The minimum Gasteiger partial charge on any atom is -0.481 e. The number of piperidine rings is 1. The van der Waals surface area contributed by atoms with Crippen molar-refractivity contribution in [1.82, 2.24) is 4.90 Å². The molecule has 0 aromatic rings. The van der Waals surface area contributed by atoms with Crippen LogP contribution in [-0.4, -0.2) is 43.5 Å². The first-order valence-corrected chi connectivity index (χ1v) is 7.54. The molecule has 0 spiro atoms. The van der Waals surface area contributed by atoms with Gasteiger partial charge in [-0.05, 0) is 51.7 Å². The highest BCUT2D eigenvalue weighted by molar-refractivity contribution is 6.26. The summed E-state index contributed by atoms with van der Waals surface area (Å²) >= 11 is 0. The second-order valence-corrected chi connectivity index (χ2v) is 5.98. The number of likely N-dealkylation sites (tertiary alicyclic amines) is 1. The van der Waals surface area contributed by atoms with Gasteiger partial charge in [0.25, 0.3) is 0 Å². The van der Waals surface area contributed by atoms with Crippen molar-refractivity contribution in [1.29, 1.82) is 0 Å². The zero-order chi connectivity index (χ0) is 13.4. The summed E-state index contributed by atoms with van der Waals surface area (Å²) in [4.78, 5) is 13.9. The molecule has 0 aromatic heterocycles. The van der Waals surface area contributed by atoms with Crippen molar-refractivity contribution < 1.29 is 9.90 Å². The first kappa shape index (κ1) is 22.4. The Labute approximate surface area is 137 Å². The quantitative estimate of drug-likeness (QED) is 0.697. The maximum Gasteiger partial charge on any atom is 0.301 e. The SMILES string of the molecule is BC(CCCC)(CCCN1CCCCC1)C(=O)O.Cl.Cl. The van der Waals surface area contributed by atoms with Gasteiger partial charge in [-0.3, -0.25) is 4.79 Å². The fourth-order valence-corrected chi connectivity index (χ4v) is 2.78. The number of hydrogen-bond donors (Lipinski definition) is 1. The number of carboxylic acid groups (broad SMARTS) is 1. The van der Waals surface area contributed by atoms with Gasteiger partial charge in [-0.15, -0.1) is 24.8 Å². The molecule has 1 heterocycles. The van der Waals surface area contributed by atoms with E-state index in [1.165, 1.54) is 32.4 Å². The van der Waals surface area contributed by atoms with Crippen molar-refractivity contribution >= 4 is 38.6 Å². The Kier molecular flexibility index (Phi) is 13.1. The van der Waals surface area contributed by atoms with E-state index in [2.05, 4.69) is 11.8 Å². The van der Waals surface area contributed by atoms with Crippen LogP contribution in [0.15, 0.2) is 0 Å². The van der Waals surface area contributed by atoms with Gasteiger partial charge in [-0.2, -0.15) is 0 Å². The first-order chi connectivity index (χ1) is 8.58. The number of carboxylic acids is 1. The monoisotopic (exact) mass is 325 g/mol. The predicted octanol–water partition coefficient (Wildman–Crippen LogP) is 3.16. The number of hydrogen-bond acceptors (Lipinski definition) is 2. The van der Waals surface area contributed by atoms with Crippen LogP contribution in [0.2, 0.25) is 5.31 Å². The van der Waals surface area contributed by atoms with E-state index >= 15 is 0 Å². The second-order valence-electron chi connectivity index (χ2n) is 5.98. The molecule has 3 nitrogen and oxygen atoms in total. The van der Waals surface area contributed by atoms with Crippen molar-refractivity contribution in [2.75, 3.05) is 19.6 Å². The molecule has 1 atom stereocenters. The van der Waals surface area contributed by atoms with Gasteiger partial charge in [0.2, 0.25) is 0 Å². The molecule has 1 aliphatic rings. The predicted molar refractivity (Wildman–Crippen MR) is 92.4 cm³/mol. The van der Waals surface area contributed by atoms with Gasteiger partial charge in [0.15, 0.2) is 0 Å². The van der Waals surface area contributed by atoms with Crippen molar-refractivity contribution in [3.8, 4) is 0 Å². The zero-order valence-corrected chi connectivity index (χ0v) is 14.5. The van der Waals surface area contributed by atoms with Crippen molar-refractivity contribution in [3.63, 3.8) is 0 Å². The number of halogens is 2. The second kappa shape index (κ2) is 11.7. The highest BCUT2D eigenvalue weighted by Gasteiger charge is 2.31. The molecule has 1 aliphatic heterocycles. The third kappa shape index (κ3) is 7.75. The minimum absolute atomic E-state index is 0. The average molecular weight is 326 g/mol. The summed E-state index contributed by atoms with van der Waals surface area (Å²) in [6.07, 6.45) is 8.74. The van der Waals surface area contributed by atoms with Crippen LogP contribution >= 0.6 is 24.8 Å². The number of carbonyl (C=O) groups is 1. The Balaban J connectivity index is 0. The first-order valence-electron chi connectivity index (χ1n) is 7.54. The summed E-state index contributed by atoms with van der Waals surface area (Å²) in [6, 6.07) is 0. The smallest absolute Gasteiger partial charge is 0.301 e. The Morgan fingerprint density at radius 1 is 1.15 bits per heavy atom. The Morgan fingerprint density at radius 3 is 2.20 bits per heavy atom. The topological polar surface area (TPSA) is 40.5 Å².